The van der Waals surface area contributed by atoms with E-state index in [0.717, 1.165) is 28.3 Å². The number of hydrogen-bond acceptors (Lipinski definition) is 4. The molecular weight excluding hydrogens is 242 g/mol. The van der Waals surface area contributed by atoms with Crippen molar-refractivity contribution in [2.24, 2.45) is 0 Å². The molecule has 0 bridgehead atoms. The van der Waals surface area contributed by atoms with Crippen molar-refractivity contribution < 1.29 is 14.4 Å². The topological polar surface area (TPSA) is 55.5 Å². The van der Waals surface area contributed by atoms with E-state index in [1.165, 1.54) is 0 Å². The van der Waals surface area contributed by atoms with E-state index >= 15 is 0 Å². The fourth-order valence-electron chi connectivity index (χ4n) is 1.89. The Morgan fingerprint density at radius 1 is 1.26 bits per heavy atom. The monoisotopic (exact) mass is 261 g/mol. The van der Waals surface area contributed by atoms with Crippen molar-refractivity contribution in [3.05, 3.63) is 46.8 Å². The van der Waals surface area contributed by atoms with Gasteiger partial charge < -0.3 is 14.4 Å². The summed E-state index contributed by atoms with van der Waals surface area (Å²) < 4.78 is 10.8. The summed E-state index contributed by atoms with van der Waals surface area (Å²) in [6, 6.07) is 7.51. The molecule has 19 heavy (non-hydrogen) atoms. The number of nitrogens with zero attached hydrogens (tertiary/aromatic N) is 1. The maximum absolute atomic E-state index is 9.71. The van der Waals surface area contributed by atoms with Gasteiger partial charge in [0.15, 0.2) is 0 Å². The second kappa shape index (κ2) is 5.89. The van der Waals surface area contributed by atoms with E-state index in [2.05, 4.69) is 5.16 Å². The summed E-state index contributed by atoms with van der Waals surface area (Å²) in [6.07, 6.45) is 0.302. The van der Waals surface area contributed by atoms with Gasteiger partial charge in [-0.2, -0.15) is 0 Å². The molecule has 0 aliphatic rings. The van der Waals surface area contributed by atoms with Crippen molar-refractivity contribution in [1.29, 1.82) is 0 Å². The summed E-state index contributed by atoms with van der Waals surface area (Å²) in [5.41, 5.74) is 2.75. The van der Waals surface area contributed by atoms with Crippen LogP contribution in [0.5, 0.6) is 5.75 Å². The molecule has 1 N–H and O–H groups in total. The minimum Gasteiger partial charge on any atom is -0.489 e. The van der Waals surface area contributed by atoms with Crippen LogP contribution in [0.2, 0.25) is 0 Å². The van der Waals surface area contributed by atoms with E-state index < -0.39 is 6.10 Å². The Labute approximate surface area is 113 Å². The van der Waals surface area contributed by atoms with Gasteiger partial charge in [0, 0.05) is 0 Å². The van der Waals surface area contributed by atoms with Crippen LogP contribution in [-0.4, -0.2) is 10.3 Å². The molecule has 0 radical (unpaired) electrons. The predicted octanol–water partition coefficient (Wildman–Crippen LogP) is 3.31. The van der Waals surface area contributed by atoms with Crippen molar-refractivity contribution in [3.8, 4) is 5.75 Å². The SMILES string of the molecule is CC[C@H](O)c1ccc(OCc2c(C)noc2C)cc1. The van der Waals surface area contributed by atoms with Gasteiger partial charge in [-0.1, -0.05) is 24.2 Å². The molecule has 2 rings (SSSR count). The van der Waals surface area contributed by atoms with Crippen LogP contribution in [0.15, 0.2) is 28.8 Å². The smallest absolute Gasteiger partial charge is 0.140 e. The van der Waals surface area contributed by atoms with Crippen LogP contribution in [0, 0.1) is 13.8 Å². The van der Waals surface area contributed by atoms with Gasteiger partial charge in [0.2, 0.25) is 0 Å². The minimum absolute atomic E-state index is 0.406. The van der Waals surface area contributed by atoms with Crippen molar-refractivity contribution in [2.45, 2.75) is 39.9 Å². The first-order valence-corrected chi connectivity index (χ1v) is 6.44. The molecule has 0 spiro atoms. The zero-order valence-corrected chi connectivity index (χ0v) is 11.5. The molecule has 0 saturated carbocycles. The Hall–Kier alpha value is -1.81. The molecule has 0 aliphatic heterocycles. The molecule has 0 amide bonds. The van der Waals surface area contributed by atoms with Crippen LogP contribution in [0.25, 0.3) is 0 Å². The molecule has 1 heterocycles. The minimum atomic E-state index is -0.406. The maximum atomic E-state index is 9.71. The third-order valence-corrected chi connectivity index (χ3v) is 3.22. The van der Waals surface area contributed by atoms with Crippen molar-refractivity contribution >= 4 is 0 Å². The summed E-state index contributed by atoms with van der Waals surface area (Å²) >= 11 is 0. The second-order valence-corrected chi connectivity index (χ2v) is 4.58. The molecule has 1 aromatic carbocycles. The Morgan fingerprint density at radius 2 is 1.95 bits per heavy atom. The van der Waals surface area contributed by atoms with Crippen LogP contribution >= 0.6 is 0 Å². The zero-order chi connectivity index (χ0) is 13.8. The quantitative estimate of drug-likeness (QED) is 0.897. The van der Waals surface area contributed by atoms with Crippen LogP contribution in [0.3, 0.4) is 0 Å². The van der Waals surface area contributed by atoms with Gasteiger partial charge in [-0.3, -0.25) is 0 Å². The van der Waals surface area contributed by atoms with Gasteiger partial charge in [0.25, 0.3) is 0 Å². The maximum Gasteiger partial charge on any atom is 0.140 e. The Bertz CT molecular complexity index is 511. The fraction of sp³-hybridized carbons (Fsp3) is 0.400. The number of rotatable bonds is 5. The number of aliphatic hydroxyl groups excluding tert-OH is 1. The molecule has 4 nitrogen and oxygen atoms in total. The fourth-order valence-corrected chi connectivity index (χ4v) is 1.89. The average molecular weight is 261 g/mol. The van der Waals surface area contributed by atoms with Gasteiger partial charge in [0.05, 0.1) is 17.4 Å². The lowest BCUT2D eigenvalue weighted by Crippen LogP contribution is -1.99. The zero-order valence-electron chi connectivity index (χ0n) is 11.5. The van der Waals surface area contributed by atoms with E-state index in [4.69, 9.17) is 9.26 Å². The normalized spacial score (nSPS) is 12.4. The van der Waals surface area contributed by atoms with Crippen molar-refractivity contribution in [1.82, 2.24) is 5.16 Å². The highest BCUT2D eigenvalue weighted by Gasteiger charge is 2.10. The van der Waals surface area contributed by atoms with Crippen LogP contribution in [0.1, 0.15) is 42.0 Å². The summed E-state index contributed by atoms with van der Waals surface area (Å²) in [5.74, 6) is 1.56. The van der Waals surface area contributed by atoms with E-state index in [-0.39, 0.29) is 0 Å². The third-order valence-electron chi connectivity index (χ3n) is 3.22. The van der Waals surface area contributed by atoms with Gasteiger partial charge in [-0.15, -0.1) is 0 Å². The standard InChI is InChI=1S/C15H19NO3/c1-4-15(17)12-5-7-13(8-6-12)18-9-14-10(2)16-19-11(14)3/h5-8,15,17H,4,9H2,1-3H3/t15-/m0/s1. The lowest BCUT2D eigenvalue weighted by molar-refractivity contribution is 0.173. The highest BCUT2D eigenvalue weighted by molar-refractivity contribution is 5.29. The Balaban J connectivity index is 2.01. The number of aryl methyl sites for hydroxylation is 2. The molecule has 102 valence electrons. The molecule has 0 unspecified atom stereocenters. The average Bonchev–Trinajstić information content (AvgIpc) is 2.75. The molecule has 0 fully saturated rings. The summed E-state index contributed by atoms with van der Waals surface area (Å²) in [6.45, 7) is 6.17. The van der Waals surface area contributed by atoms with Gasteiger partial charge in [-0.25, -0.2) is 0 Å². The molecular formula is C15H19NO3. The van der Waals surface area contributed by atoms with Gasteiger partial charge in [0.1, 0.15) is 18.1 Å². The largest absolute Gasteiger partial charge is 0.489 e. The van der Waals surface area contributed by atoms with Crippen LogP contribution < -0.4 is 4.74 Å². The molecule has 2 aromatic rings. The van der Waals surface area contributed by atoms with Crippen molar-refractivity contribution in [3.63, 3.8) is 0 Å². The van der Waals surface area contributed by atoms with Crippen LogP contribution in [-0.2, 0) is 6.61 Å². The first-order valence-electron chi connectivity index (χ1n) is 6.44. The summed E-state index contributed by atoms with van der Waals surface area (Å²) in [7, 11) is 0. The van der Waals surface area contributed by atoms with Gasteiger partial charge in [-0.05, 0) is 38.0 Å². The number of aromatic nitrogens is 1. The number of hydrogen-bond donors (Lipinski definition) is 1. The second-order valence-electron chi connectivity index (χ2n) is 4.58. The van der Waals surface area contributed by atoms with Gasteiger partial charge >= 0.3 is 0 Å². The molecule has 0 saturated heterocycles. The molecule has 0 aliphatic carbocycles. The first kappa shape index (κ1) is 13.6. The Morgan fingerprint density at radius 3 is 2.47 bits per heavy atom. The number of aliphatic hydroxyl groups is 1. The predicted molar refractivity (Wildman–Crippen MR) is 72.0 cm³/mol. The lowest BCUT2D eigenvalue weighted by atomic mass is 10.1. The third kappa shape index (κ3) is 3.15. The highest BCUT2D eigenvalue weighted by atomic mass is 16.5. The summed E-state index contributed by atoms with van der Waals surface area (Å²) in [4.78, 5) is 0. The molecule has 1 atom stereocenters. The molecule has 4 heteroatoms. The van der Waals surface area contributed by atoms with E-state index in [9.17, 15) is 5.11 Å². The Kier molecular flexibility index (Phi) is 4.22. The first-order chi connectivity index (χ1) is 9.11. The molecule has 1 aromatic heterocycles. The summed E-state index contributed by atoms with van der Waals surface area (Å²) in [5, 5.41) is 13.6. The number of benzene rings is 1. The van der Waals surface area contributed by atoms with E-state index in [1.807, 2.05) is 45.0 Å². The lowest BCUT2D eigenvalue weighted by Gasteiger charge is -2.10. The van der Waals surface area contributed by atoms with Crippen LogP contribution in [0.4, 0.5) is 0 Å². The highest BCUT2D eigenvalue weighted by Crippen LogP contribution is 2.21. The number of ether oxygens (including phenoxy) is 1. The van der Waals surface area contributed by atoms with E-state index in [1.54, 1.807) is 0 Å². The van der Waals surface area contributed by atoms with Crippen molar-refractivity contribution in [2.75, 3.05) is 0 Å². The van der Waals surface area contributed by atoms with E-state index in [0.29, 0.717) is 13.0 Å².